The number of hydrogen-bond acceptors (Lipinski definition) is 3. The van der Waals surface area contributed by atoms with Gasteiger partial charge in [0.2, 0.25) is 5.91 Å². The average molecular weight is 338 g/mol. The number of rotatable bonds is 2. The molecule has 5 nitrogen and oxygen atoms in total. The number of hydrogen-bond donors (Lipinski definition) is 2. The fourth-order valence-corrected chi connectivity index (χ4v) is 4.89. The molecule has 2 N–H and O–H groups in total. The number of carbonyl (C=O) groups excluding carboxylic acids is 1. The molecule has 5 rings (SSSR count). The SMILES string of the molecule is O=C(C1CC12CCCNC2)N1CCN(c2cccc3[nH]ccc23)CC1. The number of benzene rings is 1. The number of amides is 1. The van der Waals surface area contributed by atoms with Crippen molar-refractivity contribution in [3.63, 3.8) is 0 Å². The highest BCUT2D eigenvalue weighted by molar-refractivity contribution is 5.92. The first-order valence-corrected chi connectivity index (χ1v) is 9.57. The molecule has 0 radical (unpaired) electrons. The molecule has 1 aliphatic carbocycles. The van der Waals surface area contributed by atoms with Crippen LogP contribution in [0.1, 0.15) is 19.3 Å². The predicted molar refractivity (Wildman–Crippen MR) is 99.7 cm³/mol. The number of nitrogens with one attached hydrogen (secondary N) is 2. The first-order chi connectivity index (χ1) is 12.3. The van der Waals surface area contributed by atoms with Crippen LogP contribution in [0.3, 0.4) is 0 Å². The van der Waals surface area contributed by atoms with E-state index < -0.39 is 0 Å². The lowest BCUT2D eigenvalue weighted by molar-refractivity contribution is -0.133. The van der Waals surface area contributed by atoms with Crippen LogP contribution in [0.2, 0.25) is 0 Å². The van der Waals surface area contributed by atoms with Crippen molar-refractivity contribution >= 4 is 22.5 Å². The average Bonchev–Trinajstić information content (AvgIpc) is 3.13. The summed E-state index contributed by atoms with van der Waals surface area (Å²) < 4.78 is 0. The van der Waals surface area contributed by atoms with Gasteiger partial charge in [0.05, 0.1) is 0 Å². The van der Waals surface area contributed by atoms with Crippen LogP contribution in [0.25, 0.3) is 10.9 Å². The number of piperazine rings is 1. The molecule has 1 amide bonds. The Labute approximate surface area is 148 Å². The molecule has 2 unspecified atom stereocenters. The van der Waals surface area contributed by atoms with Crippen molar-refractivity contribution in [1.82, 2.24) is 15.2 Å². The maximum Gasteiger partial charge on any atom is 0.226 e. The summed E-state index contributed by atoms with van der Waals surface area (Å²) in [6.45, 7) is 5.70. The Bertz CT molecular complexity index is 784. The third-order valence-electron chi connectivity index (χ3n) is 6.50. The van der Waals surface area contributed by atoms with Crippen LogP contribution in [0, 0.1) is 11.3 Å². The Hall–Kier alpha value is -2.01. The van der Waals surface area contributed by atoms with Crippen molar-refractivity contribution < 1.29 is 4.79 Å². The van der Waals surface area contributed by atoms with E-state index in [9.17, 15) is 4.79 Å². The van der Waals surface area contributed by atoms with Crippen molar-refractivity contribution in [2.24, 2.45) is 11.3 Å². The zero-order valence-corrected chi connectivity index (χ0v) is 14.6. The van der Waals surface area contributed by atoms with Crippen molar-refractivity contribution in [2.45, 2.75) is 19.3 Å². The van der Waals surface area contributed by atoms with Gasteiger partial charge in [-0.3, -0.25) is 4.79 Å². The zero-order valence-electron chi connectivity index (χ0n) is 14.6. The molecule has 1 saturated carbocycles. The molecule has 1 aromatic heterocycles. The molecule has 2 aromatic rings. The van der Waals surface area contributed by atoms with Gasteiger partial charge >= 0.3 is 0 Å². The van der Waals surface area contributed by atoms with E-state index >= 15 is 0 Å². The summed E-state index contributed by atoms with van der Waals surface area (Å²) in [7, 11) is 0. The van der Waals surface area contributed by atoms with Crippen LogP contribution in [0.15, 0.2) is 30.5 Å². The van der Waals surface area contributed by atoms with Crippen molar-refractivity contribution in [3.8, 4) is 0 Å². The summed E-state index contributed by atoms with van der Waals surface area (Å²) in [5.74, 6) is 0.683. The van der Waals surface area contributed by atoms with E-state index in [1.807, 2.05) is 6.20 Å². The number of nitrogens with zero attached hydrogens (tertiary/aromatic N) is 2. The second-order valence-electron chi connectivity index (χ2n) is 7.93. The van der Waals surface area contributed by atoms with Crippen molar-refractivity contribution in [2.75, 3.05) is 44.2 Å². The first kappa shape index (κ1) is 15.3. The molecule has 1 spiro atoms. The van der Waals surface area contributed by atoms with Gasteiger partial charge in [-0.15, -0.1) is 0 Å². The minimum Gasteiger partial charge on any atom is -0.367 e. The summed E-state index contributed by atoms with van der Waals surface area (Å²) >= 11 is 0. The van der Waals surface area contributed by atoms with Gasteiger partial charge in [0.15, 0.2) is 0 Å². The molecule has 2 atom stereocenters. The molecule has 25 heavy (non-hydrogen) atoms. The molecule has 1 aromatic carbocycles. The number of aromatic amines is 1. The number of aromatic nitrogens is 1. The molecule has 132 valence electrons. The lowest BCUT2D eigenvalue weighted by Crippen LogP contribution is -2.50. The Morgan fingerprint density at radius 2 is 2.04 bits per heavy atom. The van der Waals surface area contributed by atoms with E-state index in [-0.39, 0.29) is 5.92 Å². The highest BCUT2D eigenvalue weighted by Gasteiger charge is 2.58. The normalized spacial score (nSPS) is 29.4. The predicted octanol–water partition coefficient (Wildman–Crippen LogP) is 2.21. The molecular weight excluding hydrogens is 312 g/mol. The summed E-state index contributed by atoms with van der Waals surface area (Å²) in [5.41, 5.74) is 2.76. The third-order valence-corrected chi connectivity index (χ3v) is 6.50. The van der Waals surface area contributed by atoms with Crippen LogP contribution in [0.5, 0.6) is 0 Å². The van der Waals surface area contributed by atoms with Gasteiger partial charge in [-0.05, 0) is 49.4 Å². The van der Waals surface area contributed by atoms with Crippen LogP contribution >= 0.6 is 0 Å². The molecular formula is C20H26N4O. The second-order valence-corrected chi connectivity index (χ2v) is 7.93. The van der Waals surface area contributed by atoms with Crippen molar-refractivity contribution in [3.05, 3.63) is 30.5 Å². The van der Waals surface area contributed by atoms with Gasteiger partial charge in [-0.1, -0.05) is 6.07 Å². The molecule has 0 bridgehead atoms. The van der Waals surface area contributed by atoms with Gasteiger partial charge in [0.1, 0.15) is 0 Å². The maximum absolute atomic E-state index is 12.9. The minimum absolute atomic E-state index is 0.278. The topological polar surface area (TPSA) is 51.4 Å². The quantitative estimate of drug-likeness (QED) is 0.883. The number of fused-ring (bicyclic) bond motifs is 1. The smallest absolute Gasteiger partial charge is 0.226 e. The summed E-state index contributed by atoms with van der Waals surface area (Å²) in [5, 5.41) is 4.76. The maximum atomic E-state index is 12.9. The first-order valence-electron chi connectivity index (χ1n) is 9.57. The van der Waals surface area contributed by atoms with Gasteiger partial charge in [-0.25, -0.2) is 0 Å². The molecule has 2 aliphatic heterocycles. The van der Waals surface area contributed by atoms with Gasteiger partial charge in [0, 0.05) is 61.4 Å². The van der Waals surface area contributed by atoms with Crippen molar-refractivity contribution in [1.29, 1.82) is 0 Å². The molecule has 3 heterocycles. The second kappa shape index (κ2) is 5.77. The largest absolute Gasteiger partial charge is 0.367 e. The zero-order chi connectivity index (χ0) is 16.9. The Balaban J connectivity index is 1.24. The van der Waals surface area contributed by atoms with Gasteiger partial charge in [0.25, 0.3) is 0 Å². The highest BCUT2D eigenvalue weighted by Crippen LogP contribution is 2.57. The van der Waals surface area contributed by atoms with Crippen LogP contribution in [-0.2, 0) is 4.79 Å². The van der Waals surface area contributed by atoms with Gasteiger partial charge in [-0.2, -0.15) is 0 Å². The number of anilines is 1. The van der Waals surface area contributed by atoms with E-state index in [2.05, 4.69) is 44.4 Å². The monoisotopic (exact) mass is 338 g/mol. The highest BCUT2D eigenvalue weighted by atomic mass is 16.2. The molecule has 5 heteroatoms. The van der Waals surface area contributed by atoms with Gasteiger partial charge < -0.3 is 20.1 Å². The summed E-state index contributed by atoms with van der Waals surface area (Å²) in [4.78, 5) is 20.7. The fourth-order valence-electron chi connectivity index (χ4n) is 4.89. The van der Waals surface area contributed by atoms with E-state index in [1.54, 1.807) is 0 Å². The number of piperidine rings is 1. The van der Waals surface area contributed by atoms with E-state index in [1.165, 1.54) is 29.4 Å². The minimum atomic E-state index is 0.278. The lowest BCUT2D eigenvalue weighted by Gasteiger charge is -2.37. The fraction of sp³-hybridized carbons (Fsp3) is 0.550. The van der Waals surface area contributed by atoms with Crippen LogP contribution in [0.4, 0.5) is 5.69 Å². The Morgan fingerprint density at radius 3 is 2.84 bits per heavy atom. The third kappa shape index (κ3) is 2.53. The van der Waals surface area contributed by atoms with E-state index in [0.29, 0.717) is 11.3 Å². The standard InChI is InChI=1S/C20H26N4O/c25-19(16-13-20(16)6-2-7-21-14-20)24-11-9-23(10-12-24)18-4-1-3-17-15(18)5-8-22-17/h1,3-5,8,16,21-22H,2,6-7,9-14H2. The molecule has 3 aliphatic rings. The lowest BCUT2D eigenvalue weighted by atomic mass is 9.93. The van der Waals surface area contributed by atoms with Crippen LogP contribution < -0.4 is 10.2 Å². The van der Waals surface area contributed by atoms with Crippen LogP contribution in [-0.4, -0.2) is 55.1 Å². The summed E-state index contributed by atoms with van der Waals surface area (Å²) in [6, 6.07) is 8.56. The Morgan fingerprint density at radius 1 is 1.16 bits per heavy atom. The van der Waals surface area contributed by atoms with E-state index in [4.69, 9.17) is 0 Å². The number of H-pyrrole nitrogens is 1. The Kier molecular flexibility index (Phi) is 3.52. The molecule has 2 saturated heterocycles. The molecule has 3 fully saturated rings. The summed E-state index contributed by atoms with van der Waals surface area (Å²) in [6.07, 6.45) is 5.55. The van der Waals surface area contributed by atoms with E-state index in [0.717, 1.165) is 45.7 Å². The number of carbonyl (C=O) groups is 1.